The van der Waals surface area contributed by atoms with Crippen molar-refractivity contribution >= 4 is 63.7 Å². The first kappa shape index (κ1) is 51.5. The van der Waals surface area contributed by atoms with Gasteiger partial charge in [0.25, 0.3) is 5.91 Å². The normalized spacial score (nSPS) is 17.3. The van der Waals surface area contributed by atoms with Crippen LogP contribution >= 0.6 is 23.6 Å². The lowest BCUT2D eigenvalue weighted by atomic mass is 9.85. The predicted octanol–water partition coefficient (Wildman–Crippen LogP) is 6.83. The number of carbonyl (C=O) groups is 4. The number of unbranched alkanes of at least 4 members (excludes halogenated alkanes) is 2. The molecule has 68 heavy (non-hydrogen) atoms. The molecule has 0 aliphatic carbocycles. The molecule has 0 spiro atoms. The molecular formula is C50H60FN7O8S2. The number of nitriles is 1. The number of likely N-dealkylation sites (tertiary alicyclic amines) is 1. The number of nitrogens with zero attached hydrogens (tertiary/aromatic N) is 5. The maximum Gasteiger partial charge on any atom is 0.259 e. The summed E-state index contributed by atoms with van der Waals surface area (Å²) in [5.74, 6) is -1.65. The van der Waals surface area contributed by atoms with Crippen molar-refractivity contribution in [3.8, 4) is 22.3 Å². The minimum atomic E-state index is -1.04. The number of ether oxygens (including phenoxy) is 3. The van der Waals surface area contributed by atoms with Crippen LogP contribution in [0.3, 0.4) is 0 Å². The van der Waals surface area contributed by atoms with Crippen LogP contribution in [-0.2, 0) is 35.2 Å². The number of thiazole rings is 1. The first-order valence-electron chi connectivity index (χ1n) is 22.7. The highest BCUT2D eigenvalue weighted by Gasteiger charge is 2.50. The number of nitrogens with one attached hydrogen (secondary N) is 2. The van der Waals surface area contributed by atoms with Crippen molar-refractivity contribution in [1.29, 1.82) is 5.26 Å². The van der Waals surface area contributed by atoms with Crippen molar-refractivity contribution in [2.75, 3.05) is 49.4 Å². The number of aryl methyl sites for hydroxylation is 1. The molecule has 0 saturated carbocycles. The second kappa shape index (κ2) is 23.0. The Labute approximate surface area is 406 Å². The molecule has 0 radical (unpaired) electrons. The van der Waals surface area contributed by atoms with E-state index in [1.165, 1.54) is 21.9 Å². The first-order valence-corrected chi connectivity index (χ1v) is 24.0. The van der Waals surface area contributed by atoms with E-state index in [0.717, 1.165) is 47.0 Å². The number of aliphatic hydroxyl groups excluding tert-OH is 1. The summed E-state index contributed by atoms with van der Waals surface area (Å²) in [5, 5.41) is 25.6. The molecule has 4 aromatic rings. The number of thiocarbonyl (C=S) groups is 1. The fraction of sp³-hybridized carbons (Fsp3) is 0.460. The summed E-state index contributed by atoms with van der Waals surface area (Å²) < 4.78 is 31.7. The smallest absolute Gasteiger partial charge is 0.259 e. The number of rotatable bonds is 21. The van der Waals surface area contributed by atoms with Crippen molar-refractivity contribution in [1.82, 2.24) is 20.5 Å². The van der Waals surface area contributed by atoms with Crippen LogP contribution in [0.5, 0.6) is 5.75 Å². The number of hydrogen-bond acceptors (Lipinski definition) is 12. The van der Waals surface area contributed by atoms with Gasteiger partial charge in [0.05, 0.1) is 40.0 Å². The molecule has 3 atom stereocenters. The fourth-order valence-corrected chi connectivity index (χ4v) is 9.40. The van der Waals surface area contributed by atoms with E-state index in [4.69, 9.17) is 31.7 Å². The molecule has 0 bridgehead atoms. The van der Waals surface area contributed by atoms with Crippen LogP contribution in [0.15, 0.2) is 72.2 Å². The van der Waals surface area contributed by atoms with E-state index in [-0.39, 0.29) is 60.9 Å². The topological polar surface area (TPSA) is 187 Å². The molecule has 1 aromatic heterocycles. The monoisotopic (exact) mass is 969 g/mol. The Balaban J connectivity index is 0.841. The zero-order valence-corrected chi connectivity index (χ0v) is 41.0. The number of aromatic nitrogens is 1. The molecule has 0 unspecified atom stereocenters. The van der Waals surface area contributed by atoms with Crippen molar-refractivity contribution in [3.63, 3.8) is 0 Å². The summed E-state index contributed by atoms with van der Waals surface area (Å²) in [6, 6.07) is 19.0. The third-order valence-corrected chi connectivity index (χ3v) is 13.2. The summed E-state index contributed by atoms with van der Waals surface area (Å²) >= 11 is 7.26. The molecule has 2 fully saturated rings. The highest BCUT2D eigenvalue weighted by molar-refractivity contribution is 7.81. The highest BCUT2D eigenvalue weighted by Crippen LogP contribution is 2.37. The fourth-order valence-electron chi connectivity index (χ4n) is 8.07. The van der Waals surface area contributed by atoms with Crippen LogP contribution in [0, 0.1) is 29.5 Å². The molecule has 3 heterocycles. The summed E-state index contributed by atoms with van der Waals surface area (Å²) in [6.45, 7) is 12.7. The summed E-state index contributed by atoms with van der Waals surface area (Å²) in [5.41, 5.74) is 3.79. The minimum Gasteiger partial charge on any atom is -0.494 e. The standard InChI is InChI=1S/C50H60FN7O8S2/c1-32-43(68-31-54-32)34-13-11-33(12-14-34)28-53-45(61)41-26-38(59)29-56(41)46(62)44(49(2,3)4)55-42(60)30-65-23-10-22-64-21-8-7-9-24-66-39-19-17-36(18-20-39)58-48(67)57(47(63)50(58,5)6)37-16-15-35(27-52)40(51)25-37/h11-20,25,31,38,41,44,59H,7-10,21-24,26,28-30H2,1-6H3,(H,53,61)(H,55,60)/t38-,41+,44-/m1/s1. The van der Waals surface area contributed by atoms with Gasteiger partial charge in [0.15, 0.2) is 5.11 Å². The van der Waals surface area contributed by atoms with Crippen LogP contribution in [0.4, 0.5) is 15.8 Å². The van der Waals surface area contributed by atoms with Gasteiger partial charge in [0.1, 0.15) is 41.9 Å². The maximum absolute atomic E-state index is 14.4. The summed E-state index contributed by atoms with van der Waals surface area (Å²) in [6.07, 6.45) is 2.33. The highest BCUT2D eigenvalue weighted by atomic mass is 32.1. The van der Waals surface area contributed by atoms with Crippen LogP contribution in [0.25, 0.3) is 10.4 Å². The zero-order chi connectivity index (χ0) is 49.2. The molecule has 2 aliphatic heterocycles. The quantitative estimate of drug-likeness (QED) is 0.0585. The number of amides is 4. The Bertz CT molecular complexity index is 2470. The maximum atomic E-state index is 14.4. The Hall–Kier alpha value is -5.84. The van der Waals surface area contributed by atoms with Gasteiger partial charge in [-0.1, -0.05) is 45.0 Å². The molecule has 2 aliphatic rings. The lowest BCUT2D eigenvalue weighted by molar-refractivity contribution is -0.144. The van der Waals surface area contributed by atoms with Gasteiger partial charge in [0, 0.05) is 45.0 Å². The number of halogens is 1. The van der Waals surface area contributed by atoms with Crippen LogP contribution < -0.4 is 25.2 Å². The molecule has 6 rings (SSSR count). The Morgan fingerprint density at radius 3 is 2.32 bits per heavy atom. The van der Waals surface area contributed by atoms with Crippen LogP contribution in [0.1, 0.15) is 83.5 Å². The Morgan fingerprint density at radius 2 is 1.66 bits per heavy atom. The zero-order valence-electron chi connectivity index (χ0n) is 39.4. The summed E-state index contributed by atoms with van der Waals surface area (Å²) in [7, 11) is 0. The second-order valence-electron chi connectivity index (χ2n) is 18.5. The van der Waals surface area contributed by atoms with Gasteiger partial charge >= 0.3 is 0 Å². The molecule has 3 aromatic carbocycles. The molecule has 3 N–H and O–H groups in total. The van der Waals surface area contributed by atoms with Gasteiger partial charge in [-0.2, -0.15) is 5.26 Å². The molecular weight excluding hydrogens is 910 g/mol. The number of benzene rings is 3. The lowest BCUT2D eigenvalue weighted by Gasteiger charge is -2.35. The Morgan fingerprint density at radius 1 is 0.985 bits per heavy atom. The van der Waals surface area contributed by atoms with Gasteiger partial charge in [-0.05, 0) is 118 Å². The number of anilines is 2. The minimum absolute atomic E-state index is 0.0165. The second-order valence-corrected chi connectivity index (χ2v) is 19.7. The third kappa shape index (κ3) is 12.6. The van der Waals surface area contributed by atoms with E-state index in [1.54, 1.807) is 36.2 Å². The van der Waals surface area contributed by atoms with Gasteiger partial charge in [-0.15, -0.1) is 11.3 Å². The molecule has 2 saturated heterocycles. The van der Waals surface area contributed by atoms with Crippen molar-refractivity contribution < 1.29 is 42.9 Å². The van der Waals surface area contributed by atoms with Crippen LogP contribution in [0.2, 0.25) is 0 Å². The Kier molecular flexibility index (Phi) is 17.4. The van der Waals surface area contributed by atoms with Gasteiger partial charge in [0.2, 0.25) is 17.7 Å². The summed E-state index contributed by atoms with van der Waals surface area (Å²) in [4.78, 5) is 63.6. The predicted molar refractivity (Wildman–Crippen MR) is 261 cm³/mol. The number of carbonyl (C=O) groups excluding carboxylic acids is 4. The third-order valence-electron chi connectivity index (χ3n) is 11.8. The van der Waals surface area contributed by atoms with E-state index < -0.39 is 46.8 Å². The molecule has 362 valence electrons. The number of β-amino-alcohol motifs (C(OH)–C–C–N with tert-alkyl or cyclic N) is 1. The number of aliphatic hydroxyl groups is 1. The average molecular weight is 970 g/mol. The van der Waals surface area contributed by atoms with Gasteiger partial charge in [-0.25, -0.2) is 9.37 Å². The van der Waals surface area contributed by atoms with Crippen LogP contribution in [-0.4, -0.2) is 107 Å². The first-order chi connectivity index (χ1) is 32.4. The van der Waals surface area contributed by atoms with Crippen molar-refractivity contribution in [2.45, 2.75) is 104 Å². The van der Waals surface area contributed by atoms with Gasteiger partial charge < -0.3 is 39.8 Å². The van der Waals surface area contributed by atoms with E-state index in [0.29, 0.717) is 37.7 Å². The van der Waals surface area contributed by atoms with E-state index >= 15 is 0 Å². The largest absolute Gasteiger partial charge is 0.494 e. The molecule has 15 nitrogen and oxygen atoms in total. The average Bonchev–Trinajstić information content (AvgIpc) is 3.97. The van der Waals surface area contributed by atoms with E-state index in [9.17, 15) is 28.7 Å². The lowest BCUT2D eigenvalue weighted by Crippen LogP contribution is -2.58. The SMILES string of the molecule is Cc1ncsc1-c1ccc(CNC(=O)[C@@H]2C[C@@H](O)CN2C(=O)[C@@H](NC(=O)COCCCOCCCCCOc2ccc(N3C(=S)N(c4ccc(C#N)c(F)c4)C(=O)C3(C)C)cc2)C(C)(C)C)cc1. The van der Waals surface area contributed by atoms with Crippen molar-refractivity contribution in [2.24, 2.45) is 5.41 Å². The van der Waals surface area contributed by atoms with E-state index in [1.807, 2.05) is 81.7 Å². The molecule has 4 amide bonds. The van der Waals surface area contributed by atoms with Gasteiger partial charge in [-0.3, -0.25) is 24.1 Å². The van der Waals surface area contributed by atoms with E-state index in [2.05, 4.69) is 15.6 Å². The molecule has 18 heteroatoms. The van der Waals surface area contributed by atoms with Crippen molar-refractivity contribution in [3.05, 3.63) is 94.9 Å². The number of hydrogen-bond donors (Lipinski definition) is 3.